The molecule has 2 atom stereocenters. The van der Waals surface area contributed by atoms with Crippen LogP contribution in [0, 0.1) is 5.82 Å². The molecule has 82 valence electrons. The van der Waals surface area contributed by atoms with Crippen LogP contribution in [-0.4, -0.2) is 23.9 Å². The quantitative estimate of drug-likeness (QED) is 0.808. The van der Waals surface area contributed by atoms with Gasteiger partial charge in [-0.3, -0.25) is 0 Å². The van der Waals surface area contributed by atoms with Crippen molar-refractivity contribution >= 4 is 0 Å². The maximum Gasteiger partial charge on any atom is 0.123 e. The van der Waals surface area contributed by atoms with Crippen molar-refractivity contribution in [3.8, 4) is 0 Å². The minimum Gasteiger partial charge on any atom is -0.393 e. The number of halogens is 1. The second-order valence-electron chi connectivity index (χ2n) is 4.00. The number of aliphatic hydroxyl groups excluding tert-OH is 1. The zero-order valence-corrected chi connectivity index (χ0v) is 8.53. The second kappa shape index (κ2) is 4.73. The number of aliphatic hydroxyl groups is 1. The Morgan fingerprint density at radius 2 is 2.07 bits per heavy atom. The largest absolute Gasteiger partial charge is 0.393 e. The zero-order chi connectivity index (χ0) is 10.7. The summed E-state index contributed by atoms with van der Waals surface area (Å²) in [4.78, 5) is 0. The number of rotatable bonds is 2. The second-order valence-corrected chi connectivity index (χ2v) is 4.00. The fourth-order valence-corrected chi connectivity index (χ4v) is 1.89. The van der Waals surface area contributed by atoms with Gasteiger partial charge >= 0.3 is 0 Å². The molecule has 0 aromatic heterocycles. The predicted molar refractivity (Wildman–Crippen MR) is 55.1 cm³/mol. The molecule has 1 saturated heterocycles. The summed E-state index contributed by atoms with van der Waals surface area (Å²) in [6, 6.07) is 6.43. The lowest BCUT2D eigenvalue weighted by atomic mass is 9.99. The first-order chi connectivity index (χ1) is 7.24. The van der Waals surface area contributed by atoms with Crippen molar-refractivity contribution < 1.29 is 14.2 Å². The molecule has 2 unspecified atom stereocenters. The molecule has 0 aliphatic carbocycles. The summed E-state index contributed by atoms with van der Waals surface area (Å²) in [5.74, 6) is -0.219. The third kappa shape index (κ3) is 3.01. The van der Waals surface area contributed by atoms with E-state index in [1.165, 1.54) is 12.1 Å². The fraction of sp³-hybridized carbons (Fsp3) is 0.500. The minimum absolute atomic E-state index is 0.0687. The van der Waals surface area contributed by atoms with Crippen molar-refractivity contribution in [3.63, 3.8) is 0 Å². The molecule has 1 aromatic carbocycles. The SMILES string of the molecule is OC1CCOC(Cc2ccc(F)cc2)C1. The smallest absolute Gasteiger partial charge is 0.123 e. The highest BCUT2D eigenvalue weighted by Crippen LogP contribution is 2.18. The summed E-state index contributed by atoms with van der Waals surface area (Å²) in [6.45, 7) is 0.618. The van der Waals surface area contributed by atoms with Crippen LogP contribution in [0.15, 0.2) is 24.3 Å². The van der Waals surface area contributed by atoms with Gasteiger partial charge in [-0.25, -0.2) is 4.39 Å². The van der Waals surface area contributed by atoms with Crippen LogP contribution in [0.4, 0.5) is 4.39 Å². The monoisotopic (exact) mass is 210 g/mol. The van der Waals surface area contributed by atoms with Gasteiger partial charge in [-0.2, -0.15) is 0 Å². The molecule has 1 N–H and O–H groups in total. The molecule has 0 radical (unpaired) electrons. The van der Waals surface area contributed by atoms with Gasteiger partial charge in [-0.15, -0.1) is 0 Å². The molecule has 3 heteroatoms. The normalized spacial score (nSPS) is 26.5. The van der Waals surface area contributed by atoms with E-state index in [1.807, 2.05) is 0 Å². The van der Waals surface area contributed by atoms with Gasteiger partial charge in [0.25, 0.3) is 0 Å². The molecular weight excluding hydrogens is 195 g/mol. The van der Waals surface area contributed by atoms with Crippen LogP contribution in [0.3, 0.4) is 0 Å². The molecule has 2 rings (SSSR count). The summed E-state index contributed by atoms with van der Waals surface area (Å²) in [7, 11) is 0. The van der Waals surface area contributed by atoms with Crippen molar-refractivity contribution in [1.29, 1.82) is 0 Å². The maximum atomic E-state index is 12.7. The van der Waals surface area contributed by atoms with Gasteiger partial charge in [-0.05, 0) is 37.0 Å². The van der Waals surface area contributed by atoms with Gasteiger partial charge in [0.2, 0.25) is 0 Å². The van der Waals surface area contributed by atoms with Crippen molar-refractivity contribution in [1.82, 2.24) is 0 Å². The third-order valence-corrected chi connectivity index (χ3v) is 2.72. The van der Waals surface area contributed by atoms with E-state index in [1.54, 1.807) is 12.1 Å². The van der Waals surface area contributed by atoms with Crippen LogP contribution >= 0.6 is 0 Å². The Morgan fingerprint density at radius 3 is 2.73 bits per heavy atom. The highest BCUT2D eigenvalue weighted by Gasteiger charge is 2.20. The maximum absolute atomic E-state index is 12.7. The molecular formula is C12H15FO2. The van der Waals surface area contributed by atoms with Crippen molar-refractivity contribution in [2.45, 2.75) is 31.5 Å². The van der Waals surface area contributed by atoms with Gasteiger partial charge in [0, 0.05) is 6.61 Å². The van der Waals surface area contributed by atoms with Gasteiger partial charge in [0.05, 0.1) is 12.2 Å². The lowest BCUT2D eigenvalue weighted by Crippen LogP contribution is -2.30. The number of hydrogen-bond acceptors (Lipinski definition) is 2. The Kier molecular flexibility index (Phi) is 3.34. The first kappa shape index (κ1) is 10.6. The Labute approximate surface area is 88.7 Å². The average Bonchev–Trinajstić information content (AvgIpc) is 2.22. The van der Waals surface area contributed by atoms with Crippen LogP contribution in [0.1, 0.15) is 18.4 Å². The number of ether oxygens (including phenoxy) is 1. The summed E-state index contributed by atoms with van der Waals surface area (Å²) in [5, 5.41) is 9.46. The number of hydrogen-bond donors (Lipinski definition) is 1. The highest BCUT2D eigenvalue weighted by atomic mass is 19.1. The lowest BCUT2D eigenvalue weighted by Gasteiger charge is -2.26. The lowest BCUT2D eigenvalue weighted by molar-refractivity contribution is -0.0423. The van der Waals surface area contributed by atoms with E-state index in [9.17, 15) is 9.50 Å². The van der Waals surface area contributed by atoms with Gasteiger partial charge in [-0.1, -0.05) is 12.1 Å². The summed E-state index contributed by atoms with van der Waals surface area (Å²) in [5.41, 5.74) is 1.05. The van der Waals surface area contributed by atoms with E-state index in [2.05, 4.69) is 0 Å². The molecule has 1 aliphatic rings. The molecule has 0 saturated carbocycles. The van der Waals surface area contributed by atoms with Crippen molar-refractivity contribution in [2.24, 2.45) is 0 Å². The van der Waals surface area contributed by atoms with Gasteiger partial charge in [0.15, 0.2) is 0 Å². The van der Waals surface area contributed by atoms with Crippen LogP contribution in [0.2, 0.25) is 0 Å². The molecule has 0 bridgehead atoms. The average molecular weight is 210 g/mol. The minimum atomic E-state index is -0.246. The first-order valence-electron chi connectivity index (χ1n) is 5.28. The van der Waals surface area contributed by atoms with Crippen molar-refractivity contribution in [3.05, 3.63) is 35.6 Å². The summed E-state index contributed by atoms with van der Waals surface area (Å²) >= 11 is 0. The topological polar surface area (TPSA) is 29.5 Å². The molecule has 0 amide bonds. The Bertz CT molecular complexity index is 310. The summed E-state index contributed by atoms with van der Waals surface area (Å²) < 4.78 is 18.2. The standard InChI is InChI=1S/C12H15FO2/c13-10-3-1-9(2-4-10)7-12-8-11(14)5-6-15-12/h1-4,11-12,14H,5-8H2. The van der Waals surface area contributed by atoms with Gasteiger partial charge < -0.3 is 9.84 Å². The van der Waals surface area contributed by atoms with E-state index < -0.39 is 0 Å². The fourth-order valence-electron chi connectivity index (χ4n) is 1.89. The molecule has 1 aromatic rings. The summed E-state index contributed by atoms with van der Waals surface area (Å²) in [6.07, 6.45) is 1.97. The first-order valence-corrected chi connectivity index (χ1v) is 5.28. The predicted octanol–water partition coefficient (Wildman–Crippen LogP) is 1.91. The number of benzene rings is 1. The molecule has 1 heterocycles. The van der Waals surface area contributed by atoms with E-state index in [-0.39, 0.29) is 18.0 Å². The third-order valence-electron chi connectivity index (χ3n) is 2.72. The molecule has 0 spiro atoms. The van der Waals surface area contributed by atoms with Crippen LogP contribution in [-0.2, 0) is 11.2 Å². The van der Waals surface area contributed by atoms with Crippen LogP contribution in [0.25, 0.3) is 0 Å². The molecule has 2 nitrogen and oxygen atoms in total. The Morgan fingerprint density at radius 1 is 1.33 bits per heavy atom. The van der Waals surface area contributed by atoms with Crippen LogP contribution in [0.5, 0.6) is 0 Å². The van der Waals surface area contributed by atoms with E-state index >= 15 is 0 Å². The molecule has 1 aliphatic heterocycles. The Hall–Kier alpha value is -0.930. The van der Waals surface area contributed by atoms with E-state index in [0.717, 1.165) is 18.4 Å². The Balaban J connectivity index is 1.93. The van der Waals surface area contributed by atoms with Crippen LogP contribution < -0.4 is 0 Å². The molecule has 1 fully saturated rings. The molecule has 15 heavy (non-hydrogen) atoms. The van der Waals surface area contributed by atoms with Gasteiger partial charge in [0.1, 0.15) is 5.82 Å². The van der Waals surface area contributed by atoms with E-state index in [4.69, 9.17) is 4.74 Å². The van der Waals surface area contributed by atoms with Crippen molar-refractivity contribution in [2.75, 3.05) is 6.61 Å². The highest BCUT2D eigenvalue weighted by molar-refractivity contribution is 5.16. The zero-order valence-electron chi connectivity index (χ0n) is 8.53. The van der Waals surface area contributed by atoms with E-state index in [0.29, 0.717) is 13.0 Å².